The Balaban J connectivity index is 2.11. The zero-order chi connectivity index (χ0) is 16.6. The summed E-state index contributed by atoms with van der Waals surface area (Å²) in [6.45, 7) is 3.92. The van der Waals surface area contributed by atoms with Crippen LogP contribution in [0.4, 0.5) is 5.69 Å². The van der Waals surface area contributed by atoms with E-state index < -0.39 is 0 Å². The second-order valence-electron chi connectivity index (χ2n) is 5.27. The molecular formula is C17H16BrN3O2. The van der Waals surface area contributed by atoms with Crippen molar-refractivity contribution in [2.45, 2.75) is 20.3 Å². The maximum absolute atomic E-state index is 12.7. The number of phenols is 1. The van der Waals surface area contributed by atoms with E-state index in [4.69, 9.17) is 0 Å². The Bertz CT molecular complexity index is 902. The fourth-order valence-electron chi connectivity index (χ4n) is 2.56. The summed E-state index contributed by atoms with van der Waals surface area (Å²) in [4.78, 5) is 17.3. The Morgan fingerprint density at radius 3 is 2.83 bits per heavy atom. The van der Waals surface area contributed by atoms with E-state index >= 15 is 0 Å². The van der Waals surface area contributed by atoms with Gasteiger partial charge in [-0.25, -0.2) is 4.98 Å². The number of aryl methyl sites for hydroxylation is 2. The number of nitrogens with zero attached hydrogens (tertiary/aromatic N) is 2. The molecule has 0 aliphatic rings. The van der Waals surface area contributed by atoms with Crippen LogP contribution in [-0.4, -0.2) is 20.4 Å². The van der Waals surface area contributed by atoms with Crippen molar-refractivity contribution in [1.82, 2.24) is 9.38 Å². The quantitative estimate of drug-likeness (QED) is 0.683. The average molecular weight is 374 g/mol. The van der Waals surface area contributed by atoms with Crippen LogP contribution in [0.15, 0.2) is 41.0 Å². The number of rotatable bonds is 3. The molecule has 0 spiro atoms. The van der Waals surface area contributed by atoms with E-state index in [9.17, 15) is 9.90 Å². The van der Waals surface area contributed by atoms with E-state index in [1.807, 2.05) is 26.1 Å². The number of para-hydroxylation sites is 2. The van der Waals surface area contributed by atoms with Gasteiger partial charge in [0, 0.05) is 10.7 Å². The molecule has 0 aliphatic heterocycles. The van der Waals surface area contributed by atoms with Crippen molar-refractivity contribution in [3.05, 3.63) is 58.0 Å². The minimum atomic E-state index is -0.298. The maximum atomic E-state index is 12.7. The van der Waals surface area contributed by atoms with Crippen LogP contribution in [0.3, 0.4) is 0 Å². The lowest BCUT2D eigenvalue weighted by Crippen LogP contribution is -2.16. The van der Waals surface area contributed by atoms with Crippen molar-refractivity contribution in [3.63, 3.8) is 0 Å². The zero-order valence-corrected chi connectivity index (χ0v) is 14.4. The van der Waals surface area contributed by atoms with Gasteiger partial charge in [0.05, 0.1) is 11.4 Å². The lowest BCUT2D eigenvalue weighted by Gasteiger charge is -2.08. The molecule has 3 rings (SSSR count). The first-order valence-electron chi connectivity index (χ1n) is 7.27. The van der Waals surface area contributed by atoms with Crippen LogP contribution in [0.5, 0.6) is 5.75 Å². The minimum Gasteiger partial charge on any atom is -0.506 e. The number of nitrogens with one attached hydrogen (secondary N) is 1. The number of benzene rings is 1. The molecule has 0 unspecified atom stereocenters. The largest absolute Gasteiger partial charge is 0.506 e. The fraction of sp³-hybridized carbons (Fsp3) is 0.176. The van der Waals surface area contributed by atoms with Crippen molar-refractivity contribution in [3.8, 4) is 5.75 Å². The van der Waals surface area contributed by atoms with Crippen LogP contribution in [0.1, 0.15) is 28.7 Å². The molecule has 0 bridgehead atoms. The second-order valence-corrected chi connectivity index (χ2v) is 6.18. The molecule has 0 atom stereocenters. The highest BCUT2D eigenvalue weighted by atomic mass is 79.9. The highest BCUT2D eigenvalue weighted by molar-refractivity contribution is 9.10. The van der Waals surface area contributed by atoms with Crippen LogP contribution in [-0.2, 0) is 6.42 Å². The third-order valence-electron chi connectivity index (χ3n) is 3.65. The monoisotopic (exact) mass is 373 g/mol. The molecule has 3 aromatic rings. The number of aromatic hydroxyl groups is 1. The number of fused-ring (bicyclic) bond motifs is 1. The number of anilines is 1. The number of carbonyl (C=O) groups is 1. The van der Waals surface area contributed by atoms with Gasteiger partial charge in [0.1, 0.15) is 17.1 Å². The van der Waals surface area contributed by atoms with E-state index in [1.165, 1.54) is 6.07 Å². The van der Waals surface area contributed by atoms with E-state index in [0.29, 0.717) is 17.8 Å². The van der Waals surface area contributed by atoms with Crippen LogP contribution in [0.25, 0.3) is 5.65 Å². The fourth-order valence-corrected chi connectivity index (χ4v) is 3.11. The van der Waals surface area contributed by atoms with Gasteiger partial charge in [0.25, 0.3) is 5.91 Å². The zero-order valence-electron chi connectivity index (χ0n) is 12.8. The van der Waals surface area contributed by atoms with Crippen LogP contribution in [0, 0.1) is 6.92 Å². The summed E-state index contributed by atoms with van der Waals surface area (Å²) < 4.78 is 2.66. The summed E-state index contributed by atoms with van der Waals surface area (Å²) in [6, 6.07) is 8.61. The van der Waals surface area contributed by atoms with E-state index in [2.05, 4.69) is 26.2 Å². The molecule has 2 heterocycles. The van der Waals surface area contributed by atoms with Crippen molar-refractivity contribution >= 4 is 33.2 Å². The number of pyridine rings is 1. The van der Waals surface area contributed by atoms with Crippen molar-refractivity contribution in [2.24, 2.45) is 0 Å². The molecule has 23 heavy (non-hydrogen) atoms. The van der Waals surface area contributed by atoms with Gasteiger partial charge in [-0.1, -0.05) is 19.1 Å². The van der Waals surface area contributed by atoms with E-state index in [1.54, 1.807) is 22.6 Å². The number of carbonyl (C=O) groups excluding carboxylic acids is 1. The topological polar surface area (TPSA) is 66.6 Å². The predicted molar refractivity (Wildman–Crippen MR) is 93.1 cm³/mol. The van der Waals surface area contributed by atoms with Gasteiger partial charge in [-0.3, -0.25) is 9.20 Å². The van der Waals surface area contributed by atoms with E-state index in [-0.39, 0.29) is 11.7 Å². The molecule has 1 amide bonds. The number of halogens is 1. The summed E-state index contributed by atoms with van der Waals surface area (Å²) in [5.41, 5.74) is 3.32. The predicted octanol–water partition coefficient (Wildman–Crippen LogP) is 3.93. The van der Waals surface area contributed by atoms with Gasteiger partial charge in [0.15, 0.2) is 0 Å². The summed E-state index contributed by atoms with van der Waals surface area (Å²) in [7, 11) is 0. The molecule has 0 radical (unpaired) electrons. The van der Waals surface area contributed by atoms with Gasteiger partial charge < -0.3 is 10.4 Å². The first-order valence-corrected chi connectivity index (χ1v) is 8.07. The first-order chi connectivity index (χ1) is 11.0. The van der Waals surface area contributed by atoms with Gasteiger partial charge >= 0.3 is 0 Å². The Morgan fingerprint density at radius 2 is 2.13 bits per heavy atom. The Kier molecular flexibility index (Phi) is 4.09. The number of imidazole rings is 1. The van der Waals surface area contributed by atoms with Crippen LogP contribution >= 0.6 is 15.9 Å². The number of hydrogen-bond donors (Lipinski definition) is 2. The minimum absolute atomic E-state index is 0.0325. The average Bonchev–Trinajstić information content (AvgIpc) is 2.88. The van der Waals surface area contributed by atoms with Gasteiger partial charge in [-0.2, -0.15) is 0 Å². The molecule has 0 saturated carbocycles. The molecule has 0 fully saturated rings. The van der Waals surface area contributed by atoms with Gasteiger partial charge in [-0.15, -0.1) is 0 Å². The van der Waals surface area contributed by atoms with Gasteiger partial charge in [0.2, 0.25) is 0 Å². The highest BCUT2D eigenvalue weighted by Gasteiger charge is 2.20. The standard InChI is InChI=1S/C17H16BrN3O2/c1-3-12-15(17(23)20-13-6-4-5-7-14(13)22)21-9-11(18)8-10(2)16(21)19-12/h4-9,22H,3H2,1-2H3,(H,20,23). The normalized spacial score (nSPS) is 10.9. The first kappa shape index (κ1) is 15.6. The van der Waals surface area contributed by atoms with E-state index in [0.717, 1.165) is 21.4 Å². The Morgan fingerprint density at radius 1 is 1.39 bits per heavy atom. The number of hydrogen-bond acceptors (Lipinski definition) is 3. The number of aromatic nitrogens is 2. The molecule has 118 valence electrons. The summed E-state index contributed by atoms with van der Waals surface area (Å²) in [5, 5.41) is 12.6. The number of phenolic OH excluding ortho intramolecular Hbond substituents is 1. The molecule has 5 nitrogen and oxygen atoms in total. The van der Waals surface area contributed by atoms with Crippen LogP contribution in [0.2, 0.25) is 0 Å². The molecule has 2 aromatic heterocycles. The molecule has 2 N–H and O–H groups in total. The Hall–Kier alpha value is -2.34. The van der Waals surface area contributed by atoms with Crippen molar-refractivity contribution < 1.29 is 9.90 Å². The van der Waals surface area contributed by atoms with Crippen molar-refractivity contribution in [1.29, 1.82) is 0 Å². The van der Waals surface area contributed by atoms with Crippen LogP contribution < -0.4 is 5.32 Å². The molecule has 0 saturated heterocycles. The third kappa shape index (κ3) is 2.82. The maximum Gasteiger partial charge on any atom is 0.274 e. The summed E-state index contributed by atoms with van der Waals surface area (Å²) in [5.74, 6) is -0.265. The number of amides is 1. The second kappa shape index (κ2) is 6.04. The Labute approximate surface area is 142 Å². The highest BCUT2D eigenvalue weighted by Crippen LogP contribution is 2.25. The SMILES string of the molecule is CCc1nc2c(C)cc(Br)cn2c1C(=O)Nc1ccccc1O. The molecular weight excluding hydrogens is 358 g/mol. The smallest absolute Gasteiger partial charge is 0.274 e. The summed E-state index contributed by atoms with van der Waals surface area (Å²) >= 11 is 3.46. The van der Waals surface area contributed by atoms with Crippen molar-refractivity contribution in [2.75, 3.05) is 5.32 Å². The lowest BCUT2D eigenvalue weighted by atomic mass is 10.2. The lowest BCUT2D eigenvalue weighted by molar-refractivity contribution is 0.102. The third-order valence-corrected chi connectivity index (χ3v) is 4.08. The molecule has 1 aromatic carbocycles. The molecule has 0 aliphatic carbocycles. The van der Waals surface area contributed by atoms with Gasteiger partial charge in [-0.05, 0) is 53.0 Å². The summed E-state index contributed by atoms with van der Waals surface area (Å²) in [6.07, 6.45) is 2.47. The molecule has 6 heteroatoms.